The number of benzene rings is 8. The zero-order valence-electron chi connectivity index (χ0n) is 26.0. The minimum Gasteiger partial charge on any atom is -0.508 e. The van der Waals surface area contributed by atoms with Crippen molar-refractivity contribution < 1.29 is 25.5 Å². The Bertz CT molecular complexity index is 2600. The van der Waals surface area contributed by atoms with Crippen molar-refractivity contribution in [2.45, 2.75) is 0 Å². The van der Waals surface area contributed by atoms with E-state index in [1.807, 2.05) is 48.5 Å². The van der Waals surface area contributed by atoms with Gasteiger partial charge in [-0.2, -0.15) is 0 Å². The molecule has 8 rings (SSSR count). The molecule has 0 bridgehead atoms. The van der Waals surface area contributed by atoms with Crippen LogP contribution in [0.2, 0.25) is 0 Å². The van der Waals surface area contributed by atoms with Gasteiger partial charge in [0.15, 0.2) is 11.5 Å². The maximum Gasteiger partial charge on any atom is 0.169 e. The molecule has 0 amide bonds. The summed E-state index contributed by atoms with van der Waals surface area (Å²) in [5.41, 5.74) is 3.49. The molecule has 0 saturated carbocycles. The molecule has 7 heteroatoms. The third-order valence-electron chi connectivity index (χ3n) is 9.33. The Morgan fingerprint density at radius 2 is 0.714 bits per heavy atom. The fraction of sp³-hybridized carbons (Fsp3) is 0. The Morgan fingerprint density at radius 1 is 0.306 bits per heavy atom. The normalized spacial score (nSPS) is 11.4. The van der Waals surface area contributed by atoms with Gasteiger partial charge in [-0.1, -0.05) is 132 Å². The Hall–Kier alpha value is -6.33. The largest absolute Gasteiger partial charge is 0.508 e. The predicted octanol–water partition coefficient (Wildman–Crippen LogP) is 7.93. The number of hydrogen-bond acceptors (Lipinski definition) is 5. The van der Waals surface area contributed by atoms with E-state index in [0.717, 1.165) is 21.9 Å². The third-order valence-corrected chi connectivity index (χ3v) is 9.33. The average molecular weight is 632 g/mol. The molecule has 49 heavy (non-hydrogen) atoms. The standard InChI is InChI=1S/C42H26B2O5/c43-36-37(44)40(47)34-30(26-18-15-23(16-19-26)28-20-17-22-9-7-8-14-27(22)21-28)32-35(29(33(34)39(36)46)24-10-3-1-4-11-24)42(49)41(48)31(38(32)45)25-12-5-2-6-13-25/h1-21,45-49H. The number of aromatic hydroxyl groups is 5. The van der Waals surface area contributed by atoms with Crippen LogP contribution in [-0.4, -0.2) is 41.2 Å². The lowest BCUT2D eigenvalue weighted by atomic mass is 9.74. The number of rotatable bonds is 4. The molecule has 5 nitrogen and oxygen atoms in total. The van der Waals surface area contributed by atoms with E-state index in [0.29, 0.717) is 16.7 Å². The number of phenols is 5. The third kappa shape index (κ3) is 4.58. The minimum absolute atomic E-state index is 0.00474. The van der Waals surface area contributed by atoms with Crippen LogP contribution < -0.4 is 10.9 Å². The Morgan fingerprint density at radius 3 is 1.29 bits per heavy atom. The van der Waals surface area contributed by atoms with Gasteiger partial charge < -0.3 is 25.5 Å². The van der Waals surface area contributed by atoms with E-state index in [4.69, 9.17) is 15.7 Å². The van der Waals surface area contributed by atoms with Gasteiger partial charge in [0, 0.05) is 32.7 Å². The molecule has 0 spiro atoms. The first-order chi connectivity index (χ1) is 23.8. The Kier molecular flexibility index (Phi) is 7.00. The molecule has 5 N–H and O–H groups in total. The van der Waals surface area contributed by atoms with Crippen molar-refractivity contribution in [2.24, 2.45) is 0 Å². The molecule has 0 atom stereocenters. The maximum atomic E-state index is 12.2. The van der Waals surface area contributed by atoms with Crippen molar-refractivity contribution in [1.82, 2.24) is 0 Å². The van der Waals surface area contributed by atoms with Crippen LogP contribution in [0, 0.1) is 0 Å². The summed E-state index contributed by atoms with van der Waals surface area (Å²) >= 11 is 0. The molecule has 8 aromatic rings. The first kappa shape index (κ1) is 30.0. The Balaban J connectivity index is 1.54. The van der Waals surface area contributed by atoms with Crippen LogP contribution in [0.15, 0.2) is 127 Å². The van der Waals surface area contributed by atoms with E-state index in [1.54, 1.807) is 54.6 Å². The summed E-state index contributed by atoms with van der Waals surface area (Å²) < 4.78 is 0. The lowest BCUT2D eigenvalue weighted by molar-refractivity contribution is 0.404. The molecule has 0 unspecified atom stereocenters. The topological polar surface area (TPSA) is 101 Å². The molecule has 0 heterocycles. The molecule has 0 fully saturated rings. The summed E-state index contributed by atoms with van der Waals surface area (Å²) in [6.07, 6.45) is 0. The van der Waals surface area contributed by atoms with E-state index < -0.39 is 23.0 Å². The first-order valence-electron chi connectivity index (χ1n) is 15.7. The zero-order chi connectivity index (χ0) is 34.0. The second kappa shape index (κ2) is 11.4. The molecule has 0 aliphatic rings. The highest BCUT2D eigenvalue weighted by Crippen LogP contribution is 2.58. The van der Waals surface area contributed by atoms with Crippen LogP contribution >= 0.6 is 0 Å². The molecule has 0 aromatic heterocycles. The smallest absolute Gasteiger partial charge is 0.169 e. The van der Waals surface area contributed by atoms with Crippen molar-refractivity contribution in [2.75, 3.05) is 0 Å². The summed E-state index contributed by atoms with van der Waals surface area (Å²) in [6.45, 7) is 0. The van der Waals surface area contributed by atoms with E-state index in [-0.39, 0.29) is 54.9 Å². The first-order valence-corrected chi connectivity index (χ1v) is 15.7. The van der Waals surface area contributed by atoms with E-state index in [1.165, 1.54) is 0 Å². The van der Waals surface area contributed by atoms with Gasteiger partial charge in [-0.05, 0) is 44.7 Å². The SMILES string of the molecule is [B]c1c([B])c(O)c2c(-c3ccc(-c4ccc5ccccc5c4)cc3)c3c(O)c(-c4ccccc4)c(O)c(O)c3c(-c3ccccc3)c2c1O. The fourth-order valence-electron chi connectivity index (χ4n) is 6.95. The van der Waals surface area contributed by atoms with Gasteiger partial charge in [0.05, 0.1) is 5.56 Å². The number of phenolic OH excluding ortho intramolecular Hbond substituents is 5. The highest BCUT2D eigenvalue weighted by Gasteiger charge is 2.31. The van der Waals surface area contributed by atoms with Crippen LogP contribution in [0.25, 0.3) is 76.8 Å². The quantitative estimate of drug-likeness (QED) is 0.0588. The summed E-state index contributed by atoms with van der Waals surface area (Å²) in [6, 6.07) is 39.5. The van der Waals surface area contributed by atoms with Gasteiger partial charge in [-0.15, -0.1) is 0 Å². The van der Waals surface area contributed by atoms with Crippen LogP contribution in [0.3, 0.4) is 0 Å². The molecule has 0 saturated heterocycles. The summed E-state index contributed by atoms with van der Waals surface area (Å²) in [5.74, 6) is -2.21. The van der Waals surface area contributed by atoms with Gasteiger partial charge in [0.1, 0.15) is 32.9 Å². The summed E-state index contributed by atoms with van der Waals surface area (Å²) in [5, 5.41) is 61.7. The molecule has 0 aliphatic carbocycles. The number of hydrogen-bond donors (Lipinski definition) is 5. The van der Waals surface area contributed by atoms with Gasteiger partial charge in [-0.3, -0.25) is 0 Å². The second-order valence-electron chi connectivity index (χ2n) is 12.1. The highest BCUT2D eigenvalue weighted by atomic mass is 16.3. The van der Waals surface area contributed by atoms with Crippen molar-refractivity contribution in [1.29, 1.82) is 0 Å². The van der Waals surface area contributed by atoms with Crippen LogP contribution in [0.5, 0.6) is 28.7 Å². The molecule has 0 aliphatic heterocycles. The highest BCUT2D eigenvalue weighted by molar-refractivity contribution is 6.53. The fourth-order valence-corrected chi connectivity index (χ4v) is 6.95. The van der Waals surface area contributed by atoms with E-state index >= 15 is 0 Å². The lowest BCUT2D eigenvalue weighted by Gasteiger charge is -2.24. The predicted molar refractivity (Wildman–Crippen MR) is 200 cm³/mol. The van der Waals surface area contributed by atoms with Crippen molar-refractivity contribution in [3.05, 3.63) is 127 Å². The van der Waals surface area contributed by atoms with Gasteiger partial charge >= 0.3 is 0 Å². The molecule has 8 aromatic carbocycles. The molecule has 230 valence electrons. The van der Waals surface area contributed by atoms with Crippen molar-refractivity contribution in [3.63, 3.8) is 0 Å². The van der Waals surface area contributed by atoms with E-state index in [9.17, 15) is 25.5 Å². The van der Waals surface area contributed by atoms with Gasteiger partial charge in [-0.25, -0.2) is 0 Å². The summed E-state index contributed by atoms with van der Waals surface area (Å²) in [7, 11) is 12.6. The van der Waals surface area contributed by atoms with Crippen molar-refractivity contribution >= 4 is 58.9 Å². The van der Waals surface area contributed by atoms with Crippen LogP contribution in [-0.2, 0) is 0 Å². The van der Waals surface area contributed by atoms with Crippen LogP contribution in [0.4, 0.5) is 0 Å². The second-order valence-corrected chi connectivity index (χ2v) is 12.1. The minimum atomic E-state index is -0.544. The van der Waals surface area contributed by atoms with Crippen molar-refractivity contribution in [3.8, 4) is 73.3 Å². The van der Waals surface area contributed by atoms with Gasteiger partial charge in [0.25, 0.3) is 0 Å². The zero-order valence-corrected chi connectivity index (χ0v) is 26.0. The van der Waals surface area contributed by atoms with Crippen LogP contribution in [0.1, 0.15) is 0 Å². The molecular weight excluding hydrogens is 606 g/mol. The maximum absolute atomic E-state index is 12.2. The molecular formula is C42H26B2O5. The average Bonchev–Trinajstić information content (AvgIpc) is 3.15. The van der Waals surface area contributed by atoms with Gasteiger partial charge in [0.2, 0.25) is 0 Å². The number of fused-ring (bicyclic) bond motifs is 3. The molecule has 4 radical (unpaired) electrons. The Labute approximate surface area is 284 Å². The lowest BCUT2D eigenvalue weighted by Crippen LogP contribution is -2.26. The monoisotopic (exact) mass is 632 g/mol. The summed E-state index contributed by atoms with van der Waals surface area (Å²) in [4.78, 5) is 0. The van der Waals surface area contributed by atoms with E-state index in [2.05, 4.69) is 24.3 Å².